The molecule has 1 aliphatic carbocycles. The van der Waals surface area contributed by atoms with Crippen LogP contribution in [0.5, 0.6) is 5.75 Å². The van der Waals surface area contributed by atoms with Gasteiger partial charge in [-0.25, -0.2) is 0 Å². The summed E-state index contributed by atoms with van der Waals surface area (Å²) in [5, 5.41) is 12.2. The van der Waals surface area contributed by atoms with Crippen LogP contribution >= 0.6 is 15.9 Å². The number of carbonyl (C=O) groups is 2. The summed E-state index contributed by atoms with van der Waals surface area (Å²) in [7, 11) is 0. The van der Waals surface area contributed by atoms with Crippen LogP contribution in [-0.4, -0.2) is 23.8 Å². The Balaban J connectivity index is 2.05. The molecule has 2 rings (SSSR count). The number of nitrogens with zero attached hydrogens (tertiary/aromatic N) is 1. The van der Waals surface area contributed by atoms with Gasteiger partial charge < -0.3 is 10.1 Å². The van der Waals surface area contributed by atoms with Crippen molar-refractivity contribution in [3.8, 4) is 11.8 Å². The van der Waals surface area contributed by atoms with Crippen LogP contribution < -0.4 is 10.1 Å². The molecule has 0 heterocycles. The first-order valence-electron chi connectivity index (χ1n) is 7.64. The van der Waals surface area contributed by atoms with E-state index in [1.807, 2.05) is 0 Å². The second-order valence-electron chi connectivity index (χ2n) is 5.80. The van der Waals surface area contributed by atoms with Gasteiger partial charge in [0.25, 0.3) is 5.91 Å². The minimum Gasteiger partial charge on any atom is -0.480 e. The highest BCUT2D eigenvalue weighted by molar-refractivity contribution is 9.10. The van der Waals surface area contributed by atoms with E-state index in [1.54, 1.807) is 25.1 Å². The zero-order valence-corrected chi connectivity index (χ0v) is 14.6. The zero-order chi connectivity index (χ0) is 16.9. The van der Waals surface area contributed by atoms with Crippen molar-refractivity contribution in [2.75, 3.05) is 0 Å². The molecule has 0 bridgehead atoms. The van der Waals surface area contributed by atoms with Gasteiger partial charge >= 0.3 is 0 Å². The number of hydrogen-bond donors (Lipinski definition) is 1. The Kier molecular flexibility index (Phi) is 5.78. The number of hydrogen-bond acceptors (Lipinski definition) is 4. The fourth-order valence-corrected chi connectivity index (χ4v) is 3.10. The molecule has 1 aromatic carbocycles. The van der Waals surface area contributed by atoms with E-state index in [4.69, 9.17) is 4.74 Å². The van der Waals surface area contributed by atoms with Gasteiger partial charge in [0, 0.05) is 4.47 Å². The molecule has 0 aliphatic heterocycles. The molecule has 1 saturated carbocycles. The van der Waals surface area contributed by atoms with E-state index in [0.29, 0.717) is 30.4 Å². The Bertz CT molecular complexity index is 633. The van der Waals surface area contributed by atoms with Crippen molar-refractivity contribution in [3.63, 3.8) is 0 Å². The van der Waals surface area contributed by atoms with Crippen LogP contribution in [0.3, 0.4) is 0 Å². The van der Waals surface area contributed by atoms with Crippen molar-refractivity contribution in [2.24, 2.45) is 0 Å². The molecule has 0 radical (unpaired) electrons. The van der Waals surface area contributed by atoms with Crippen molar-refractivity contribution >= 4 is 28.1 Å². The van der Waals surface area contributed by atoms with Crippen LogP contribution in [-0.2, 0) is 4.79 Å². The molecule has 0 saturated heterocycles. The van der Waals surface area contributed by atoms with Crippen LogP contribution in [0.1, 0.15) is 49.4 Å². The third-order valence-electron chi connectivity index (χ3n) is 4.06. The predicted molar refractivity (Wildman–Crippen MR) is 89.2 cm³/mol. The third kappa shape index (κ3) is 4.32. The largest absolute Gasteiger partial charge is 0.480 e. The number of ether oxygens (including phenoxy) is 1. The topological polar surface area (TPSA) is 79.2 Å². The van der Waals surface area contributed by atoms with Gasteiger partial charge in [-0.2, -0.15) is 5.26 Å². The fourth-order valence-electron chi connectivity index (χ4n) is 2.72. The summed E-state index contributed by atoms with van der Waals surface area (Å²) >= 11 is 3.28. The normalized spacial score (nSPS) is 17.6. The van der Waals surface area contributed by atoms with Crippen molar-refractivity contribution < 1.29 is 14.3 Å². The van der Waals surface area contributed by atoms with Gasteiger partial charge in [0.15, 0.2) is 12.4 Å². The van der Waals surface area contributed by atoms with E-state index in [2.05, 4.69) is 27.3 Å². The maximum Gasteiger partial charge on any atom is 0.262 e. The number of nitrogens with one attached hydrogen (secondary N) is 1. The molecule has 1 aliphatic rings. The van der Waals surface area contributed by atoms with Crippen molar-refractivity contribution in [1.82, 2.24) is 5.32 Å². The van der Waals surface area contributed by atoms with Crippen molar-refractivity contribution in [3.05, 3.63) is 28.2 Å². The first-order valence-corrected chi connectivity index (χ1v) is 8.44. The highest BCUT2D eigenvalue weighted by Crippen LogP contribution is 2.28. The number of nitriles is 1. The Labute approximate surface area is 144 Å². The molecule has 23 heavy (non-hydrogen) atoms. The van der Waals surface area contributed by atoms with Gasteiger partial charge in [-0.3, -0.25) is 9.59 Å². The smallest absolute Gasteiger partial charge is 0.262 e. The van der Waals surface area contributed by atoms with E-state index < -0.39 is 11.6 Å². The molecule has 1 amide bonds. The fraction of sp³-hybridized carbons (Fsp3) is 0.471. The second kappa shape index (κ2) is 7.60. The number of amides is 1. The number of carbonyl (C=O) groups excluding carboxylic acids is 2. The Morgan fingerprint density at radius 2 is 2.13 bits per heavy atom. The average Bonchev–Trinajstić information content (AvgIpc) is 2.57. The summed E-state index contributed by atoms with van der Waals surface area (Å²) < 4.78 is 6.37. The maximum atomic E-state index is 12.4. The lowest BCUT2D eigenvalue weighted by Crippen LogP contribution is -2.52. The van der Waals surface area contributed by atoms with Crippen LogP contribution in [0.4, 0.5) is 0 Å². The van der Waals surface area contributed by atoms with Gasteiger partial charge in [0.05, 0.1) is 11.6 Å². The molecule has 1 atom stereocenters. The van der Waals surface area contributed by atoms with E-state index in [-0.39, 0.29) is 5.91 Å². The lowest BCUT2D eigenvalue weighted by atomic mass is 9.83. The first kappa shape index (κ1) is 17.5. The molecule has 122 valence electrons. The highest BCUT2D eigenvalue weighted by atomic mass is 79.9. The lowest BCUT2D eigenvalue weighted by Gasteiger charge is -2.32. The summed E-state index contributed by atoms with van der Waals surface area (Å²) in [4.78, 5) is 23.5. The lowest BCUT2D eigenvalue weighted by molar-refractivity contribution is -0.129. The standard InChI is InChI=1S/C17H19BrN2O3/c1-12(23-15-6-5-14(18)9-13(15)10-21)16(22)20-17(11-19)7-3-2-4-8-17/h5-6,9-10,12H,2-4,7-8H2,1H3,(H,20,22)/t12-/m0/s1. The summed E-state index contributed by atoms with van der Waals surface area (Å²) in [6.45, 7) is 1.61. The number of halogens is 1. The van der Waals surface area contributed by atoms with Crippen LogP contribution in [0.15, 0.2) is 22.7 Å². The summed E-state index contributed by atoms with van der Waals surface area (Å²) in [5.41, 5.74) is -0.424. The molecular weight excluding hydrogens is 360 g/mol. The van der Waals surface area contributed by atoms with Gasteiger partial charge in [-0.1, -0.05) is 35.2 Å². The molecule has 0 spiro atoms. The van der Waals surface area contributed by atoms with Crippen molar-refractivity contribution in [1.29, 1.82) is 5.26 Å². The second-order valence-corrected chi connectivity index (χ2v) is 6.72. The first-order chi connectivity index (χ1) is 11.0. The van der Waals surface area contributed by atoms with E-state index >= 15 is 0 Å². The third-order valence-corrected chi connectivity index (χ3v) is 4.55. The van der Waals surface area contributed by atoms with Crippen molar-refractivity contribution in [2.45, 2.75) is 50.7 Å². The van der Waals surface area contributed by atoms with E-state index in [9.17, 15) is 14.9 Å². The van der Waals surface area contributed by atoms with E-state index in [1.165, 1.54) is 0 Å². The summed E-state index contributed by atoms with van der Waals surface area (Å²) in [6.07, 6.45) is 4.19. The van der Waals surface area contributed by atoms with E-state index in [0.717, 1.165) is 23.7 Å². The molecule has 0 unspecified atom stereocenters. The molecule has 1 N–H and O–H groups in total. The Morgan fingerprint density at radius 1 is 1.43 bits per heavy atom. The maximum absolute atomic E-state index is 12.4. The Hall–Kier alpha value is -1.87. The monoisotopic (exact) mass is 378 g/mol. The number of aldehydes is 1. The average molecular weight is 379 g/mol. The van der Waals surface area contributed by atoms with Gasteiger partial charge in [-0.05, 0) is 38.0 Å². The number of benzene rings is 1. The highest BCUT2D eigenvalue weighted by Gasteiger charge is 2.35. The molecular formula is C17H19BrN2O3. The molecule has 5 nitrogen and oxygen atoms in total. The summed E-state index contributed by atoms with van der Waals surface area (Å²) in [5.74, 6) is 0.00807. The van der Waals surface area contributed by atoms with Gasteiger partial charge in [0.2, 0.25) is 0 Å². The molecule has 1 aromatic rings. The minimum absolute atomic E-state index is 0.340. The zero-order valence-electron chi connectivity index (χ0n) is 13.0. The number of rotatable bonds is 5. The molecule has 6 heteroatoms. The quantitative estimate of drug-likeness (QED) is 0.796. The van der Waals surface area contributed by atoms with Crippen LogP contribution in [0.25, 0.3) is 0 Å². The van der Waals surface area contributed by atoms with Crippen LogP contribution in [0, 0.1) is 11.3 Å². The SMILES string of the molecule is C[C@H](Oc1ccc(Br)cc1C=O)C(=O)NC1(C#N)CCCCC1. The molecule has 0 aromatic heterocycles. The van der Waals surface area contributed by atoms with Gasteiger partial charge in [0.1, 0.15) is 11.3 Å². The summed E-state index contributed by atoms with van der Waals surface area (Å²) in [6, 6.07) is 7.26. The predicted octanol–water partition coefficient (Wildman–Crippen LogP) is 3.37. The minimum atomic E-state index is -0.792. The van der Waals surface area contributed by atoms with Gasteiger partial charge in [-0.15, -0.1) is 0 Å². The van der Waals surface area contributed by atoms with Crippen LogP contribution in [0.2, 0.25) is 0 Å². The Morgan fingerprint density at radius 3 is 2.74 bits per heavy atom. The molecule has 1 fully saturated rings.